The maximum absolute atomic E-state index is 9.57. The van der Waals surface area contributed by atoms with Gasteiger partial charge >= 0.3 is 0 Å². The molecule has 2 aromatic heterocycles. The summed E-state index contributed by atoms with van der Waals surface area (Å²) in [6.07, 6.45) is 3.90. The highest BCUT2D eigenvalue weighted by Gasteiger charge is 2.14. The molecule has 0 aliphatic carbocycles. The first kappa shape index (κ1) is 18.9. The zero-order valence-corrected chi connectivity index (χ0v) is 17.2. The summed E-state index contributed by atoms with van der Waals surface area (Å²) in [5, 5.41) is 10.7. The maximum atomic E-state index is 9.57. The zero-order valence-electron chi connectivity index (χ0n) is 17.2. The van der Waals surface area contributed by atoms with E-state index in [0.29, 0.717) is 0 Å². The summed E-state index contributed by atoms with van der Waals surface area (Å²) < 4.78 is 0. The number of pyridine rings is 1. The van der Waals surface area contributed by atoms with Crippen LogP contribution in [0.3, 0.4) is 0 Å². The van der Waals surface area contributed by atoms with E-state index < -0.39 is 0 Å². The van der Waals surface area contributed by atoms with Crippen LogP contribution >= 0.6 is 0 Å². The number of aromatic amines is 1. The second-order valence-corrected chi connectivity index (χ2v) is 8.15. The molecule has 5 rings (SSSR count). The van der Waals surface area contributed by atoms with E-state index in [9.17, 15) is 5.11 Å². The van der Waals surface area contributed by atoms with Crippen LogP contribution in [0.15, 0.2) is 67.0 Å². The predicted octanol–water partition coefficient (Wildman–Crippen LogP) is 4.35. The predicted molar refractivity (Wildman–Crippen MR) is 121 cm³/mol. The number of aromatic hydroxyl groups is 1. The van der Waals surface area contributed by atoms with Crippen molar-refractivity contribution in [2.75, 3.05) is 33.2 Å². The molecule has 1 aliphatic heterocycles. The third-order valence-electron chi connectivity index (χ3n) is 6.00. The van der Waals surface area contributed by atoms with Gasteiger partial charge in [-0.2, -0.15) is 0 Å². The summed E-state index contributed by atoms with van der Waals surface area (Å²) in [5.41, 5.74) is 6.64. The number of rotatable bonds is 4. The molecule has 0 amide bonds. The molecule has 0 saturated carbocycles. The fourth-order valence-corrected chi connectivity index (χ4v) is 4.11. The number of nitrogens with one attached hydrogen (secondary N) is 1. The Hall–Kier alpha value is -3.15. The van der Waals surface area contributed by atoms with Gasteiger partial charge in [0.25, 0.3) is 0 Å². The van der Waals surface area contributed by atoms with Gasteiger partial charge in [-0.25, -0.2) is 4.98 Å². The molecule has 1 saturated heterocycles. The molecule has 4 aromatic rings. The Kier molecular flexibility index (Phi) is 4.99. The maximum Gasteiger partial charge on any atom is 0.137 e. The van der Waals surface area contributed by atoms with Crippen LogP contribution in [-0.4, -0.2) is 58.1 Å². The first-order valence-corrected chi connectivity index (χ1v) is 10.4. The van der Waals surface area contributed by atoms with E-state index in [2.05, 4.69) is 57.1 Å². The lowest BCUT2D eigenvalue weighted by Gasteiger charge is -2.32. The van der Waals surface area contributed by atoms with Gasteiger partial charge in [-0.05, 0) is 41.9 Å². The van der Waals surface area contributed by atoms with Crippen LogP contribution in [0.4, 0.5) is 0 Å². The summed E-state index contributed by atoms with van der Waals surface area (Å²) >= 11 is 0. The number of hydrogen-bond donors (Lipinski definition) is 2. The number of aromatic nitrogens is 2. The number of H-pyrrole nitrogens is 1. The summed E-state index contributed by atoms with van der Waals surface area (Å²) in [7, 11) is 2.19. The molecule has 1 aliphatic rings. The molecule has 0 radical (unpaired) electrons. The van der Waals surface area contributed by atoms with E-state index in [-0.39, 0.29) is 5.75 Å². The summed E-state index contributed by atoms with van der Waals surface area (Å²) in [4.78, 5) is 12.8. The summed E-state index contributed by atoms with van der Waals surface area (Å²) in [6, 6.07) is 18.3. The third-order valence-corrected chi connectivity index (χ3v) is 6.00. The van der Waals surface area contributed by atoms with Crippen molar-refractivity contribution < 1.29 is 5.11 Å². The second-order valence-electron chi connectivity index (χ2n) is 8.15. The van der Waals surface area contributed by atoms with Gasteiger partial charge < -0.3 is 15.0 Å². The van der Waals surface area contributed by atoms with Crippen molar-refractivity contribution >= 4 is 11.0 Å². The van der Waals surface area contributed by atoms with E-state index in [4.69, 9.17) is 0 Å². The Balaban J connectivity index is 1.39. The van der Waals surface area contributed by atoms with Crippen LogP contribution in [0.1, 0.15) is 5.56 Å². The SMILES string of the molecule is CN1CCN(Cc2ccc(-c3cnc4[nH]cc(-c5ccc(O)cc5)c4c3)cc2)CC1. The van der Waals surface area contributed by atoms with Crippen molar-refractivity contribution in [3.8, 4) is 28.0 Å². The largest absolute Gasteiger partial charge is 0.508 e. The van der Waals surface area contributed by atoms with E-state index in [1.54, 1.807) is 12.1 Å². The topological polar surface area (TPSA) is 55.4 Å². The monoisotopic (exact) mass is 398 g/mol. The van der Waals surface area contributed by atoms with Crippen molar-refractivity contribution in [2.45, 2.75) is 6.54 Å². The average Bonchev–Trinajstić information content (AvgIpc) is 3.20. The van der Waals surface area contributed by atoms with E-state index in [0.717, 1.165) is 60.4 Å². The Bertz CT molecular complexity index is 1140. The van der Waals surface area contributed by atoms with Crippen molar-refractivity contribution in [1.29, 1.82) is 0 Å². The molecular formula is C25H26N4O. The third kappa shape index (κ3) is 3.82. The molecule has 2 N–H and O–H groups in total. The number of phenolic OH excluding ortho intramolecular Hbond substituents is 1. The van der Waals surface area contributed by atoms with Gasteiger partial charge in [0.1, 0.15) is 11.4 Å². The summed E-state index contributed by atoms with van der Waals surface area (Å²) in [6.45, 7) is 5.56. The fourth-order valence-electron chi connectivity index (χ4n) is 4.11. The fraction of sp³-hybridized carbons (Fsp3) is 0.240. The minimum Gasteiger partial charge on any atom is -0.508 e. The van der Waals surface area contributed by atoms with Crippen molar-refractivity contribution in [3.63, 3.8) is 0 Å². The number of nitrogens with zero attached hydrogens (tertiary/aromatic N) is 3. The quantitative estimate of drug-likeness (QED) is 0.537. The van der Waals surface area contributed by atoms with Crippen LogP contribution in [-0.2, 0) is 6.54 Å². The summed E-state index contributed by atoms with van der Waals surface area (Å²) in [5.74, 6) is 0.272. The lowest BCUT2D eigenvalue weighted by molar-refractivity contribution is 0.148. The van der Waals surface area contributed by atoms with Crippen LogP contribution in [0.5, 0.6) is 5.75 Å². The number of hydrogen-bond acceptors (Lipinski definition) is 4. The lowest BCUT2D eigenvalue weighted by atomic mass is 10.0. The number of phenols is 1. The van der Waals surface area contributed by atoms with Gasteiger partial charge in [0.05, 0.1) is 0 Å². The molecule has 3 heterocycles. The molecule has 152 valence electrons. The van der Waals surface area contributed by atoms with Gasteiger partial charge in [0, 0.05) is 61.6 Å². The Morgan fingerprint density at radius 2 is 1.60 bits per heavy atom. The molecule has 0 atom stereocenters. The molecule has 0 bridgehead atoms. The normalized spacial score (nSPS) is 15.6. The van der Waals surface area contributed by atoms with Gasteiger partial charge in [-0.15, -0.1) is 0 Å². The first-order chi connectivity index (χ1) is 14.7. The zero-order chi connectivity index (χ0) is 20.5. The molecule has 30 heavy (non-hydrogen) atoms. The van der Waals surface area contributed by atoms with Crippen molar-refractivity contribution in [2.24, 2.45) is 0 Å². The second kappa shape index (κ2) is 7.94. The molecule has 5 heteroatoms. The molecular weight excluding hydrogens is 372 g/mol. The van der Waals surface area contributed by atoms with E-state index in [1.807, 2.05) is 24.5 Å². The number of fused-ring (bicyclic) bond motifs is 1. The number of likely N-dealkylation sites (N-methyl/N-ethyl adjacent to an activating group) is 1. The van der Waals surface area contributed by atoms with E-state index >= 15 is 0 Å². The van der Waals surface area contributed by atoms with Gasteiger partial charge in [0.15, 0.2) is 0 Å². The highest BCUT2D eigenvalue weighted by molar-refractivity contribution is 5.95. The minimum atomic E-state index is 0.272. The molecule has 0 unspecified atom stereocenters. The first-order valence-electron chi connectivity index (χ1n) is 10.4. The number of piperazine rings is 1. The molecule has 1 fully saturated rings. The van der Waals surface area contributed by atoms with E-state index in [1.165, 1.54) is 11.1 Å². The van der Waals surface area contributed by atoms with Gasteiger partial charge in [-0.1, -0.05) is 36.4 Å². The molecule has 0 spiro atoms. The van der Waals surface area contributed by atoms with Crippen LogP contribution in [0.25, 0.3) is 33.3 Å². The van der Waals surface area contributed by atoms with Crippen molar-refractivity contribution in [1.82, 2.24) is 19.8 Å². The van der Waals surface area contributed by atoms with Crippen molar-refractivity contribution in [3.05, 3.63) is 72.6 Å². The Morgan fingerprint density at radius 1 is 0.900 bits per heavy atom. The Labute approximate surface area is 176 Å². The average molecular weight is 399 g/mol. The van der Waals surface area contributed by atoms with Crippen LogP contribution < -0.4 is 0 Å². The Morgan fingerprint density at radius 3 is 2.33 bits per heavy atom. The molecule has 2 aromatic carbocycles. The standard InChI is InChI=1S/C25H26N4O/c1-28-10-12-29(13-11-28)17-18-2-4-19(5-3-18)21-14-23-24(16-27-25(23)26-15-21)20-6-8-22(30)9-7-20/h2-9,14-16,30H,10-13,17H2,1H3,(H,26,27). The number of benzene rings is 2. The highest BCUT2D eigenvalue weighted by atomic mass is 16.3. The smallest absolute Gasteiger partial charge is 0.137 e. The highest BCUT2D eigenvalue weighted by Crippen LogP contribution is 2.31. The van der Waals surface area contributed by atoms with Crippen LogP contribution in [0.2, 0.25) is 0 Å². The van der Waals surface area contributed by atoms with Gasteiger partial charge in [-0.3, -0.25) is 4.90 Å². The lowest BCUT2D eigenvalue weighted by Crippen LogP contribution is -2.43. The van der Waals surface area contributed by atoms with Crippen LogP contribution in [0, 0.1) is 0 Å². The van der Waals surface area contributed by atoms with Gasteiger partial charge in [0.2, 0.25) is 0 Å². The molecule has 5 nitrogen and oxygen atoms in total. The minimum absolute atomic E-state index is 0.272.